The van der Waals surface area contributed by atoms with Crippen molar-refractivity contribution in [2.75, 3.05) is 5.73 Å². The minimum atomic E-state index is 0.462. The fourth-order valence-electron chi connectivity index (χ4n) is 1.88. The number of benzene rings is 1. The van der Waals surface area contributed by atoms with Crippen LogP contribution in [0.1, 0.15) is 11.6 Å². The van der Waals surface area contributed by atoms with Crippen molar-refractivity contribution in [3.63, 3.8) is 0 Å². The molecule has 2 N–H and O–H groups in total. The third-order valence-electron chi connectivity index (χ3n) is 2.94. The van der Waals surface area contributed by atoms with Gasteiger partial charge in [-0.1, -0.05) is 30.3 Å². The van der Waals surface area contributed by atoms with Gasteiger partial charge in [0.1, 0.15) is 5.82 Å². The number of nitrogen functional groups attached to an aromatic ring is 1. The summed E-state index contributed by atoms with van der Waals surface area (Å²) in [5, 5.41) is 11.3. The molecule has 0 atom stereocenters. The molecule has 0 saturated heterocycles. The molecular weight excluding hydrogens is 254 g/mol. The minimum absolute atomic E-state index is 0.462. The number of nitrogens with zero attached hydrogens (tertiary/aromatic N) is 6. The van der Waals surface area contributed by atoms with Crippen molar-refractivity contribution in [1.29, 1.82) is 0 Å². The summed E-state index contributed by atoms with van der Waals surface area (Å²) in [4.78, 5) is 8.75. The summed E-state index contributed by atoms with van der Waals surface area (Å²) in [7, 11) is 1.78. The average molecular weight is 267 g/mol. The maximum absolute atomic E-state index is 5.95. The molecule has 7 heteroatoms. The summed E-state index contributed by atoms with van der Waals surface area (Å²) in [6.45, 7) is 0. The number of aromatic nitrogens is 6. The minimum Gasteiger partial charge on any atom is -0.396 e. The van der Waals surface area contributed by atoms with Gasteiger partial charge in [-0.05, 0) is 10.4 Å². The molecule has 3 rings (SSSR count). The number of rotatable bonds is 3. The van der Waals surface area contributed by atoms with Crippen molar-refractivity contribution in [2.45, 2.75) is 6.42 Å². The Morgan fingerprint density at radius 2 is 2.00 bits per heavy atom. The van der Waals surface area contributed by atoms with E-state index in [0.29, 0.717) is 23.8 Å². The smallest absolute Gasteiger partial charge is 0.158 e. The number of anilines is 1. The SMILES string of the molecule is Cn1nnnc1Cc1ncc(N)c(-c2ccccc2)n1. The van der Waals surface area contributed by atoms with E-state index in [2.05, 4.69) is 25.5 Å². The van der Waals surface area contributed by atoms with Gasteiger partial charge in [0, 0.05) is 12.6 Å². The van der Waals surface area contributed by atoms with Crippen LogP contribution < -0.4 is 5.73 Å². The van der Waals surface area contributed by atoms with Gasteiger partial charge in [0.15, 0.2) is 5.82 Å². The maximum atomic E-state index is 5.95. The average Bonchev–Trinajstić information content (AvgIpc) is 2.87. The molecule has 7 nitrogen and oxygen atoms in total. The third kappa shape index (κ3) is 2.33. The van der Waals surface area contributed by atoms with E-state index in [4.69, 9.17) is 5.73 Å². The van der Waals surface area contributed by atoms with E-state index in [1.807, 2.05) is 30.3 Å². The first-order valence-corrected chi connectivity index (χ1v) is 6.12. The highest BCUT2D eigenvalue weighted by Crippen LogP contribution is 2.22. The Morgan fingerprint density at radius 3 is 2.70 bits per heavy atom. The van der Waals surface area contributed by atoms with Crippen molar-refractivity contribution < 1.29 is 0 Å². The molecule has 0 bridgehead atoms. The van der Waals surface area contributed by atoms with Crippen molar-refractivity contribution in [1.82, 2.24) is 30.2 Å². The Labute approximate surface area is 115 Å². The summed E-state index contributed by atoms with van der Waals surface area (Å²) < 4.78 is 1.60. The lowest BCUT2D eigenvalue weighted by molar-refractivity contribution is 0.681. The van der Waals surface area contributed by atoms with Crippen LogP contribution in [0.4, 0.5) is 5.69 Å². The van der Waals surface area contributed by atoms with Gasteiger partial charge in [0.05, 0.1) is 24.0 Å². The van der Waals surface area contributed by atoms with Gasteiger partial charge in [0.2, 0.25) is 0 Å². The second kappa shape index (κ2) is 5.04. The Kier molecular flexibility index (Phi) is 3.08. The van der Waals surface area contributed by atoms with Crippen LogP contribution in [0.5, 0.6) is 0 Å². The van der Waals surface area contributed by atoms with Crippen molar-refractivity contribution in [3.05, 3.63) is 48.2 Å². The normalized spacial score (nSPS) is 10.7. The zero-order valence-electron chi connectivity index (χ0n) is 10.9. The van der Waals surface area contributed by atoms with Crippen LogP contribution in [-0.2, 0) is 13.5 Å². The molecular formula is C13H13N7. The van der Waals surface area contributed by atoms with Gasteiger partial charge in [-0.3, -0.25) is 0 Å². The first-order valence-electron chi connectivity index (χ1n) is 6.12. The quantitative estimate of drug-likeness (QED) is 0.755. The van der Waals surface area contributed by atoms with Crippen molar-refractivity contribution in [3.8, 4) is 11.3 Å². The molecule has 0 aliphatic heterocycles. The van der Waals surface area contributed by atoms with Gasteiger partial charge in [0.25, 0.3) is 0 Å². The summed E-state index contributed by atoms with van der Waals surface area (Å²) >= 11 is 0. The number of hydrogen-bond donors (Lipinski definition) is 1. The number of aryl methyl sites for hydroxylation is 1. The molecule has 100 valence electrons. The summed E-state index contributed by atoms with van der Waals surface area (Å²) in [6.07, 6.45) is 2.08. The second-order valence-electron chi connectivity index (χ2n) is 4.35. The molecule has 0 fully saturated rings. The van der Waals surface area contributed by atoms with Gasteiger partial charge in [-0.2, -0.15) is 0 Å². The lowest BCUT2D eigenvalue weighted by Crippen LogP contribution is -2.06. The Hall–Kier alpha value is -2.83. The fourth-order valence-corrected chi connectivity index (χ4v) is 1.88. The molecule has 0 spiro atoms. The first kappa shape index (κ1) is 12.2. The molecule has 0 saturated carbocycles. The maximum Gasteiger partial charge on any atom is 0.158 e. The molecule has 20 heavy (non-hydrogen) atoms. The number of nitrogens with two attached hydrogens (primary N) is 1. The van der Waals surface area contributed by atoms with Crippen LogP contribution in [0.2, 0.25) is 0 Å². The standard InChI is InChI=1S/C13H13N7/c1-20-12(17-18-19-20)7-11-15-8-10(14)13(16-11)9-5-3-2-4-6-9/h2-6,8H,7,14H2,1H3. The van der Waals surface area contributed by atoms with Crippen molar-refractivity contribution >= 4 is 5.69 Å². The van der Waals surface area contributed by atoms with E-state index in [9.17, 15) is 0 Å². The Balaban J connectivity index is 1.97. The van der Waals surface area contributed by atoms with Gasteiger partial charge in [-0.25, -0.2) is 14.6 Å². The topological polar surface area (TPSA) is 95.4 Å². The highest BCUT2D eigenvalue weighted by molar-refractivity contribution is 5.71. The lowest BCUT2D eigenvalue weighted by atomic mass is 10.1. The van der Waals surface area contributed by atoms with Crippen LogP contribution in [0.25, 0.3) is 11.3 Å². The van der Waals surface area contributed by atoms with Gasteiger partial charge < -0.3 is 5.73 Å². The third-order valence-corrected chi connectivity index (χ3v) is 2.94. The van der Waals surface area contributed by atoms with Gasteiger partial charge >= 0.3 is 0 Å². The second-order valence-corrected chi connectivity index (χ2v) is 4.35. The summed E-state index contributed by atoms with van der Waals surface area (Å²) in [5.41, 5.74) is 8.20. The van der Waals surface area contributed by atoms with Crippen LogP contribution in [0.3, 0.4) is 0 Å². The summed E-state index contributed by atoms with van der Waals surface area (Å²) in [5.74, 6) is 1.34. The van der Waals surface area contributed by atoms with Crippen LogP contribution in [0, 0.1) is 0 Å². The first-order chi connectivity index (χ1) is 9.74. The van der Waals surface area contributed by atoms with Crippen LogP contribution in [-0.4, -0.2) is 30.2 Å². The molecule has 0 unspecified atom stereocenters. The largest absolute Gasteiger partial charge is 0.396 e. The molecule has 0 aliphatic carbocycles. The Morgan fingerprint density at radius 1 is 1.20 bits per heavy atom. The molecule has 2 aromatic heterocycles. The molecule has 0 radical (unpaired) electrons. The molecule has 3 aromatic rings. The Bertz CT molecular complexity index is 721. The van der Waals surface area contributed by atoms with Crippen molar-refractivity contribution in [2.24, 2.45) is 7.05 Å². The predicted molar refractivity (Wildman–Crippen MR) is 73.5 cm³/mol. The predicted octanol–water partition coefficient (Wildman–Crippen LogP) is 0.840. The summed E-state index contributed by atoms with van der Waals surface area (Å²) in [6, 6.07) is 9.78. The number of hydrogen-bond acceptors (Lipinski definition) is 6. The van der Waals surface area contributed by atoms with E-state index in [1.54, 1.807) is 17.9 Å². The molecule has 0 aliphatic rings. The highest BCUT2D eigenvalue weighted by atomic mass is 15.5. The zero-order chi connectivity index (χ0) is 13.9. The highest BCUT2D eigenvalue weighted by Gasteiger charge is 2.10. The lowest BCUT2D eigenvalue weighted by Gasteiger charge is -2.06. The molecule has 0 amide bonds. The monoisotopic (exact) mass is 267 g/mol. The van der Waals surface area contributed by atoms with E-state index >= 15 is 0 Å². The molecule has 2 heterocycles. The zero-order valence-corrected chi connectivity index (χ0v) is 10.9. The van der Waals surface area contributed by atoms with E-state index in [-0.39, 0.29) is 0 Å². The number of tetrazole rings is 1. The van der Waals surface area contributed by atoms with E-state index in [0.717, 1.165) is 11.3 Å². The van der Waals surface area contributed by atoms with Crippen LogP contribution >= 0.6 is 0 Å². The van der Waals surface area contributed by atoms with Gasteiger partial charge in [-0.15, -0.1) is 5.10 Å². The molecule has 1 aromatic carbocycles. The fraction of sp³-hybridized carbons (Fsp3) is 0.154. The van der Waals surface area contributed by atoms with E-state index < -0.39 is 0 Å². The van der Waals surface area contributed by atoms with Crippen LogP contribution in [0.15, 0.2) is 36.5 Å². The van der Waals surface area contributed by atoms with E-state index in [1.165, 1.54) is 0 Å².